The highest BCUT2D eigenvalue weighted by atomic mass is 19.1. The molecule has 1 amide bonds. The molecule has 2 aromatic carbocycles. The Morgan fingerprint density at radius 3 is 2.71 bits per heavy atom. The molecule has 250 valence electrons. The summed E-state index contributed by atoms with van der Waals surface area (Å²) in [6.07, 6.45) is 5.09. The number of halogens is 1. The number of fused-ring (bicyclic) bond motifs is 1. The maximum atomic E-state index is 14.5. The number of anilines is 4. The number of carbonyl (C=O) groups excluding carboxylic acids is 1. The van der Waals surface area contributed by atoms with E-state index in [9.17, 15) is 9.18 Å². The maximum absolute atomic E-state index is 14.5. The predicted molar refractivity (Wildman–Crippen MR) is 185 cm³/mol. The van der Waals surface area contributed by atoms with E-state index >= 15 is 0 Å². The molecule has 49 heavy (non-hydrogen) atoms. The van der Waals surface area contributed by atoms with E-state index in [-0.39, 0.29) is 30.4 Å². The topological polar surface area (TPSA) is 151 Å². The van der Waals surface area contributed by atoms with Crippen LogP contribution < -0.4 is 20.7 Å². The summed E-state index contributed by atoms with van der Waals surface area (Å²) < 4.78 is 22.3. The number of benzene rings is 2. The van der Waals surface area contributed by atoms with Crippen molar-refractivity contribution in [3.8, 4) is 17.1 Å². The summed E-state index contributed by atoms with van der Waals surface area (Å²) in [5.74, 6) is 0.477. The molecule has 6 aromatic rings. The number of ether oxygens (including phenoxy) is 1. The second-order valence-corrected chi connectivity index (χ2v) is 12.1. The van der Waals surface area contributed by atoms with Crippen LogP contribution in [0.15, 0.2) is 73.2 Å². The number of H-pyrrole nitrogens is 1. The number of hydrogen-bond acceptors (Lipinski definition) is 10. The molecule has 4 aromatic heterocycles. The molecule has 1 atom stereocenters. The first-order chi connectivity index (χ1) is 23.8. The van der Waals surface area contributed by atoms with Gasteiger partial charge >= 0.3 is 0 Å². The number of hydrogen-bond donors (Lipinski definition) is 4. The summed E-state index contributed by atoms with van der Waals surface area (Å²) >= 11 is 0. The quantitative estimate of drug-likeness (QED) is 0.143. The summed E-state index contributed by atoms with van der Waals surface area (Å²) in [6.45, 7) is 5.68. The first-order valence-electron chi connectivity index (χ1n) is 16.0. The van der Waals surface area contributed by atoms with E-state index in [4.69, 9.17) is 9.72 Å². The molecule has 1 saturated heterocycles. The van der Waals surface area contributed by atoms with E-state index in [1.54, 1.807) is 10.9 Å². The number of nitrogens with zero attached hydrogens (tertiary/aromatic N) is 7. The van der Waals surface area contributed by atoms with Crippen molar-refractivity contribution in [2.24, 2.45) is 7.05 Å². The summed E-state index contributed by atoms with van der Waals surface area (Å²) in [4.78, 5) is 36.0. The molecule has 0 saturated carbocycles. The molecule has 1 aliphatic rings. The van der Waals surface area contributed by atoms with Crippen molar-refractivity contribution in [1.82, 2.24) is 39.6 Å². The maximum Gasteiger partial charge on any atom is 0.255 e. The molecule has 0 spiro atoms. The smallest absolute Gasteiger partial charge is 0.255 e. The second kappa shape index (κ2) is 13.7. The zero-order chi connectivity index (χ0) is 33.9. The van der Waals surface area contributed by atoms with Crippen LogP contribution in [0.5, 0.6) is 5.88 Å². The molecule has 7 rings (SSSR count). The van der Waals surface area contributed by atoms with E-state index in [0.29, 0.717) is 43.5 Å². The first-order valence-corrected chi connectivity index (χ1v) is 16.0. The van der Waals surface area contributed by atoms with Crippen molar-refractivity contribution < 1.29 is 13.9 Å². The summed E-state index contributed by atoms with van der Waals surface area (Å²) in [6, 6.07) is 17.5. The predicted octanol–water partition coefficient (Wildman–Crippen LogP) is 5.35. The molecule has 0 aliphatic carbocycles. The van der Waals surface area contributed by atoms with Crippen LogP contribution in [0, 0.1) is 19.7 Å². The minimum Gasteiger partial charge on any atom is -0.471 e. The lowest BCUT2D eigenvalue weighted by molar-refractivity contribution is -0.117. The molecule has 0 radical (unpaired) electrons. The third-order valence-corrected chi connectivity index (χ3v) is 8.45. The third kappa shape index (κ3) is 7.18. The van der Waals surface area contributed by atoms with Gasteiger partial charge in [-0.3, -0.25) is 14.4 Å². The van der Waals surface area contributed by atoms with E-state index in [0.717, 1.165) is 45.2 Å². The molecule has 1 aliphatic heterocycles. The van der Waals surface area contributed by atoms with E-state index < -0.39 is 5.82 Å². The lowest BCUT2D eigenvalue weighted by atomic mass is 10.1. The fourth-order valence-electron chi connectivity index (χ4n) is 5.85. The SMILES string of the molecule is Cc1cnc(Nc2cc(C)n(C)n2)nc1-c1c[nH]c2c(NC(=O)CN3CC[C@H](Oc4nc(NCc5ccccc5)ncc4F)C3)cccc12. The number of likely N-dealkylation sites (tertiary alicyclic amines) is 1. The Kier molecular flexibility index (Phi) is 8.85. The number of rotatable bonds is 11. The number of aromatic nitrogens is 7. The fraction of sp³-hybridized carbons (Fsp3) is 0.257. The van der Waals surface area contributed by atoms with Crippen LogP contribution in [-0.2, 0) is 18.4 Å². The zero-order valence-electron chi connectivity index (χ0n) is 27.4. The monoisotopic (exact) mass is 661 g/mol. The van der Waals surface area contributed by atoms with Crippen molar-refractivity contribution in [3.05, 3.63) is 95.8 Å². The number of amides is 1. The minimum atomic E-state index is -0.632. The number of aromatic amines is 1. The van der Waals surface area contributed by atoms with E-state index in [1.165, 1.54) is 0 Å². The Balaban J connectivity index is 0.977. The molecule has 13 nitrogen and oxygen atoms in total. The van der Waals surface area contributed by atoms with Crippen LogP contribution in [0.2, 0.25) is 0 Å². The molecule has 0 bridgehead atoms. The van der Waals surface area contributed by atoms with Crippen LogP contribution in [0.25, 0.3) is 22.2 Å². The highest BCUT2D eigenvalue weighted by Gasteiger charge is 2.27. The Bertz CT molecular complexity index is 2090. The molecule has 4 N–H and O–H groups in total. The van der Waals surface area contributed by atoms with Crippen LogP contribution >= 0.6 is 0 Å². The molecule has 1 fully saturated rings. The lowest BCUT2D eigenvalue weighted by Crippen LogP contribution is -2.33. The summed E-state index contributed by atoms with van der Waals surface area (Å²) in [5, 5.41) is 14.7. The standard InChI is InChI=1S/C35H36FN11O2/c1-21-15-38-35(42-29-14-22(2)46(3)45-29)43-31(21)26-17-37-32-25(26)10-7-11-28(32)41-30(48)20-47-13-12-24(19-47)49-33-27(36)18-40-34(44-33)39-16-23-8-5-4-6-9-23/h4-11,14-15,17-18,24,37H,12-13,16,19-20H2,1-3H3,(H,41,48)(H,39,40,44)(H,38,42,43,45)/t24-/m0/s1. The van der Waals surface area contributed by atoms with Crippen LogP contribution in [0.1, 0.15) is 23.2 Å². The minimum absolute atomic E-state index is 0.107. The molecular formula is C35H36FN11O2. The zero-order valence-corrected chi connectivity index (χ0v) is 27.4. The van der Waals surface area contributed by atoms with Gasteiger partial charge in [0.05, 0.1) is 29.6 Å². The highest BCUT2D eigenvalue weighted by Crippen LogP contribution is 2.33. The van der Waals surface area contributed by atoms with Gasteiger partial charge in [0.1, 0.15) is 6.10 Å². The second-order valence-electron chi connectivity index (χ2n) is 12.1. The van der Waals surface area contributed by atoms with Gasteiger partial charge in [0, 0.05) is 61.8 Å². The van der Waals surface area contributed by atoms with Crippen molar-refractivity contribution in [2.45, 2.75) is 32.9 Å². The fourth-order valence-corrected chi connectivity index (χ4v) is 5.85. The van der Waals surface area contributed by atoms with Crippen LogP contribution in [0.4, 0.5) is 27.8 Å². The summed E-state index contributed by atoms with van der Waals surface area (Å²) in [7, 11) is 1.88. The molecule has 5 heterocycles. The number of carbonyl (C=O) groups is 1. The third-order valence-electron chi connectivity index (χ3n) is 8.45. The van der Waals surface area contributed by atoms with Crippen molar-refractivity contribution in [2.75, 3.05) is 35.6 Å². The van der Waals surface area contributed by atoms with Gasteiger partial charge in [-0.1, -0.05) is 42.5 Å². The first kappa shape index (κ1) is 31.7. The average molecular weight is 662 g/mol. The summed E-state index contributed by atoms with van der Waals surface area (Å²) in [5.41, 5.74) is 6.08. The van der Waals surface area contributed by atoms with Gasteiger partial charge in [-0.15, -0.1) is 0 Å². The Morgan fingerprint density at radius 2 is 1.90 bits per heavy atom. The van der Waals surface area contributed by atoms with Gasteiger partial charge in [0.2, 0.25) is 23.6 Å². The average Bonchev–Trinajstić information content (AvgIpc) is 3.81. The number of para-hydroxylation sites is 1. The molecule has 0 unspecified atom stereocenters. The van der Waals surface area contributed by atoms with Gasteiger partial charge in [0.25, 0.3) is 5.88 Å². The normalized spacial score (nSPS) is 14.7. The van der Waals surface area contributed by atoms with Gasteiger partial charge < -0.3 is 25.7 Å². The van der Waals surface area contributed by atoms with Crippen molar-refractivity contribution in [3.63, 3.8) is 0 Å². The van der Waals surface area contributed by atoms with Crippen molar-refractivity contribution >= 4 is 40.2 Å². The van der Waals surface area contributed by atoms with Crippen molar-refractivity contribution in [1.29, 1.82) is 0 Å². The van der Waals surface area contributed by atoms with Gasteiger partial charge in [0.15, 0.2) is 5.82 Å². The van der Waals surface area contributed by atoms with Gasteiger partial charge in [-0.2, -0.15) is 14.5 Å². The lowest BCUT2D eigenvalue weighted by Gasteiger charge is -2.17. The van der Waals surface area contributed by atoms with Crippen LogP contribution in [-0.4, -0.2) is 71.2 Å². The van der Waals surface area contributed by atoms with E-state index in [2.05, 4.69) is 41.0 Å². The van der Waals surface area contributed by atoms with Crippen LogP contribution in [0.3, 0.4) is 0 Å². The Morgan fingerprint density at radius 1 is 1.06 bits per heavy atom. The molecule has 14 heteroatoms. The molecular weight excluding hydrogens is 625 g/mol. The Labute approximate surface area is 282 Å². The van der Waals surface area contributed by atoms with Gasteiger partial charge in [-0.25, -0.2) is 15.0 Å². The number of aryl methyl sites for hydroxylation is 3. The Hall–Kier alpha value is -5.89. The van der Waals surface area contributed by atoms with Gasteiger partial charge in [-0.05, 0) is 37.5 Å². The number of nitrogens with one attached hydrogen (secondary N) is 4. The largest absolute Gasteiger partial charge is 0.471 e. The van der Waals surface area contributed by atoms with E-state index in [1.807, 2.05) is 86.6 Å². The highest BCUT2D eigenvalue weighted by molar-refractivity contribution is 6.06.